The molecule has 2 heterocycles. The fraction of sp³-hybridized carbons (Fsp3) is 0.250. The number of hydrogen-bond acceptors (Lipinski definition) is 5. The minimum Gasteiger partial charge on any atom is -0.495 e. The third-order valence-corrected chi connectivity index (χ3v) is 4.50. The monoisotopic (exact) mass is 395 g/mol. The molecule has 2 aromatic heterocycles. The van der Waals surface area contributed by atoms with Crippen molar-refractivity contribution in [2.45, 2.75) is 19.5 Å². The molecular formula is C16H15Cl2N5O3. The van der Waals surface area contributed by atoms with Gasteiger partial charge < -0.3 is 10.1 Å². The van der Waals surface area contributed by atoms with E-state index >= 15 is 0 Å². The molecule has 0 aliphatic carbocycles. The van der Waals surface area contributed by atoms with E-state index in [1.165, 1.54) is 13.3 Å². The van der Waals surface area contributed by atoms with Crippen molar-refractivity contribution in [3.63, 3.8) is 0 Å². The largest absolute Gasteiger partial charge is 0.495 e. The van der Waals surface area contributed by atoms with E-state index in [0.717, 1.165) is 14.8 Å². The standard InChI is InChI=1S/C16H15Cl2N5O3/c1-9(10-3-4-12(17)13(18)5-10)20-15(24)8-22-16(25)23-14(21-22)6-11(26-2)7-19-23/h3-7,9H,8H2,1-2H3,(H,20,24)/t9-/m0/s1. The number of aromatic nitrogens is 4. The summed E-state index contributed by atoms with van der Waals surface area (Å²) in [6, 6.07) is 6.35. The van der Waals surface area contributed by atoms with Crippen LogP contribution in [0.15, 0.2) is 35.3 Å². The lowest BCUT2D eigenvalue weighted by Crippen LogP contribution is -2.34. The zero-order valence-corrected chi connectivity index (χ0v) is 15.5. The Bertz CT molecular complexity index is 1030. The number of halogens is 2. The van der Waals surface area contributed by atoms with Gasteiger partial charge in [-0.25, -0.2) is 9.48 Å². The van der Waals surface area contributed by atoms with Gasteiger partial charge in [-0.1, -0.05) is 29.3 Å². The molecule has 1 aromatic carbocycles. The van der Waals surface area contributed by atoms with Gasteiger partial charge in [0.1, 0.15) is 12.3 Å². The number of hydrogen-bond donors (Lipinski definition) is 1. The van der Waals surface area contributed by atoms with Crippen LogP contribution in [0.4, 0.5) is 0 Å². The summed E-state index contributed by atoms with van der Waals surface area (Å²) >= 11 is 11.9. The number of carbonyl (C=O) groups is 1. The average Bonchev–Trinajstić information content (AvgIpc) is 2.92. The second-order valence-electron chi connectivity index (χ2n) is 5.57. The predicted molar refractivity (Wildman–Crippen MR) is 96.8 cm³/mol. The Balaban J connectivity index is 1.75. The number of benzene rings is 1. The molecule has 1 N–H and O–H groups in total. The number of carbonyl (C=O) groups excluding carboxylic acids is 1. The summed E-state index contributed by atoms with van der Waals surface area (Å²) in [5, 5.41) is 11.7. The molecule has 0 bridgehead atoms. The molecule has 0 unspecified atom stereocenters. The maximum absolute atomic E-state index is 12.3. The molecule has 0 saturated carbocycles. The molecule has 1 atom stereocenters. The van der Waals surface area contributed by atoms with E-state index in [1.807, 2.05) is 0 Å². The van der Waals surface area contributed by atoms with Crippen LogP contribution in [-0.2, 0) is 11.3 Å². The number of nitrogens with zero attached hydrogens (tertiary/aromatic N) is 4. The minimum atomic E-state index is -0.514. The molecule has 0 aliphatic rings. The summed E-state index contributed by atoms with van der Waals surface area (Å²) in [4.78, 5) is 24.5. The summed E-state index contributed by atoms with van der Waals surface area (Å²) in [5.41, 5.74) is 0.571. The average molecular weight is 396 g/mol. The second-order valence-corrected chi connectivity index (χ2v) is 6.38. The van der Waals surface area contributed by atoms with Gasteiger partial charge in [-0.2, -0.15) is 9.61 Å². The zero-order valence-electron chi connectivity index (χ0n) is 13.9. The summed E-state index contributed by atoms with van der Waals surface area (Å²) in [6.07, 6.45) is 1.40. The fourth-order valence-electron chi connectivity index (χ4n) is 2.40. The summed E-state index contributed by atoms with van der Waals surface area (Å²) in [6.45, 7) is 1.56. The van der Waals surface area contributed by atoms with Gasteiger partial charge in [-0.15, -0.1) is 5.10 Å². The number of rotatable bonds is 5. The number of fused-ring (bicyclic) bond motifs is 1. The molecule has 0 fully saturated rings. The molecule has 0 radical (unpaired) electrons. The molecule has 1 amide bonds. The third kappa shape index (κ3) is 3.66. The molecule has 0 aliphatic heterocycles. The van der Waals surface area contributed by atoms with E-state index in [2.05, 4.69) is 15.5 Å². The van der Waals surface area contributed by atoms with Crippen LogP contribution >= 0.6 is 23.2 Å². The number of amides is 1. The van der Waals surface area contributed by atoms with Crippen molar-refractivity contribution in [2.75, 3.05) is 7.11 Å². The van der Waals surface area contributed by atoms with Crippen LogP contribution in [0, 0.1) is 0 Å². The van der Waals surface area contributed by atoms with Gasteiger partial charge in [-0.05, 0) is 24.6 Å². The molecule has 0 spiro atoms. The summed E-state index contributed by atoms with van der Waals surface area (Å²) in [5.74, 6) is 0.0911. The van der Waals surface area contributed by atoms with Crippen LogP contribution in [0.5, 0.6) is 5.75 Å². The Kier molecular flexibility index (Phi) is 5.15. The van der Waals surface area contributed by atoms with Crippen molar-refractivity contribution in [1.82, 2.24) is 24.7 Å². The highest BCUT2D eigenvalue weighted by atomic mass is 35.5. The molecule has 3 aromatic rings. The lowest BCUT2D eigenvalue weighted by Gasteiger charge is -2.14. The lowest BCUT2D eigenvalue weighted by atomic mass is 10.1. The molecule has 3 rings (SSSR count). The number of ether oxygens (including phenoxy) is 1. The molecule has 10 heteroatoms. The maximum atomic E-state index is 12.3. The Morgan fingerprint density at radius 3 is 2.77 bits per heavy atom. The zero-order chi connectivity index (χ0) is 18.8. The van der Waals surface area contributed by atoms with E-state index in [0.29, 0.717) is 21.4 Å². The highest BCUT2D eigenvalue weighted by Gasteiger charge is 2.15. The third-order valence-electron chi connectivity index (χ3n) is 3.76. The SMILES string of the molecule is COc1cnn2c(=O)n(CC(=O)N[C@@H](C)c3ccc(Cl)c(Cl)c3)nc2c1. The highest BCUT2D eigenvalue weighted by Crippen LogP contribution is 2.25. The first kappa shape index (κ1) is 18.2. The van der Waals surface area contributed by atoms with E-state index in [-0.39, 0.29) is 18.5 Å². The van der Waals surface area contributed by atoms with Gasteiger partial charge in [0.25, 0.3) is 0 Å². The van der Waals surface area contributed by atoms with Crippen molar-refractivity contribution in [3.05, 3.63) is 56.6 Å². The number of nitrogens with one attached hydrogen (secondary N) is 1. The first-order chi connectivity index (χ1) is 12.4. The van der Waals surface area contributed by atoms with Crippen LogP contribution in [0.1, 0.15) is 18.5 Å². The van der Waals surface area contributed by atoms with Crippen molar-refractivity contribution < 1.29 is 9.53 Å². The van der Waals surface area contributed by atoms with Crippen molar-refractivity contribution in [3.8, 4) is 5.75 Å². The van der Waals surface area contributed by atoms with Crippen LogP contribution < -0.4 is 15.7 Å². The van der Waals surface area contributed by atoms with Crippen molar-refractivity contribution >= 4 is 34.8 Å². The minimum absolute atomic E-state index is 0.240. The highest BCUT2D eigenvalue weighted by molar-refractivity contribution is 6.42. The topological polar surface area (TPSA) is 90.5 Å². The van der Waals surface area contributed by atoms with Crippen LogP contribution in [0.25, 0.3) is 5.65 Å². The normalized spacial score (nSPS) is 12.2. The second kappa shape index (κ2) is 7.35. The maximum Gasteiger partial charge on any atom is 0.367 e. The number of methoxy groups -OCH3 is 1. The molecule has 8 nitrogen and oxygen atoms in total. The van der Waals surface area contributed by atoms with Crippen LogP contribution in [0.3, 0.4) is 0 Å². The Morgan fingerprint density at radius 2 is 2.08 bits per heavy atom. The van der Waals surface area contributed by atoms with E-state index in [4.69, 9.17) is 27.9 Å². The van der Waals surface area contributed by atoms with E-state index in [1.54, 1.807) is 31.2 Å². The predicted octanol–water partition coefficient (Wildman–Crippen LogP) is 2.08. The fourth-order valence-corrected chi connectivity index (χ4v) is 2.70. The summed E-state index contributed by atoms with van der Waals surface area (Å²) < 4.78 is 7.18. The first-order valence-corrected chi connectivity index (χ1v) is 8.39. The molecule has 136 valence electrons. The Morgan fingerprint density at radius 1 is 1.31 bits per heavy atom. The Labute approximate surface area is 158 Å². The van der Waals surface area contributed by atoms with E-state index < -0.39 is 5.69 Å². The van der Waals surface area contributed by atoms with Gasteiger partial charge in [0.05, 0.1) is 29.4 Å². The van der Waals surface area contributed by atoms with Gasteiger partial charge in [0, 0.05) is 6.07 Å². The van der Waals surface area contributed by atoms with Crippen molar-refractivity contribution in [1.29, 1.82) is 0 Å². The van der Waals surface area contributed by atoms with E-state index in [9.17, 15) is 9.59 Å². The van der Waals surface area contributed by atoms with Gasteiger partial charge in [-0.3, -0.25) is 4.79 Å². The lowest BCUT2D eigenvalue weighted by molar-refractivity contribution is -0.122. The quantitative estimate of drug-likeness (QED) is 0.713. The molecule has 0 saturated heterocycles. The smallest absolute Gasteiger partial charge is 0.367 e. The van der Waals surface area contributed by atoms with Crippen LogP contribution in [0.2, 0.25) is 10.0 Å². The molecular weight excluding hydrogens is 381 g/mol. The van der Waals surface area contributed by atoms with Crippen molar-refractivity contribution in [2.24, 2.45) is 0 Å². The molecule has 26 heavy (non-hydrogen) atoms. The Hall–Kier alpha value is -2.58. The van der Waals surface area contributed by atoms with Gasteiger partial charge in [0.2, 0.25) is 5.91 Å². The summed E-state index contributed by atoms with van der Waals surface area (Å²) in [7, 11) is 1.49. The van der Waals surface area contributed by atoms with Gasteiger partial charge >= 0.3 is 5.69 Å². The van der Waals surface area contributed by atoms with Crippen LogP contribution in [-0.4, -0.2) is 32.4 Å². The van der Waals surface area contributed by atoms with Gasteiger partial charge in [0.15, 0.2) is 5.65 Å². The first-order valence-electron chi connectivity index (χ1n) is 7.63.